The molecule has 0 fully saturated rings. The molecule has 0 bridgehead atoms. The van der Waals surface area contributed by atoms with Gasteiger partial charge in [-0.3, -0.25) is 4.79 Å². The van der Waals surface area contributed by atoms with E-state index in [4.69, 9.17) is 0 Å². The fourth-order valence-electron chi connectivity index (χ4n) is 3.47. The highest BCUT2D eigenvalue weighted by atomic mass is 32.2. The van der Waals surface area contributed by atoms with Crippen LogP contribution in [0.4, 0.5) is 5.69 Å². The Hall–Kier alpha value is -3.14. The van der Waals surface area contributed by atoms with Crippen LogP contribution in [0.25, 0.3) is 11.0 Å². The molecule has 0 saturated heterocycles. The van der Waals surface area contributed by atoms with E-state index in [1.165, 1.54) is 6.07 Å². The number of aromatic nitrogens is 2. The van der Waals surface area contributed by atoms with Crippen molar-refractivity contribution in [2.24, 2.45) is 0 Å². The van der Waals surface area contributed by atoms with Crippen LogP contribution < -0.4 is 10.0 Å². The molecule has 0 saturated carbocycles. The fourth-order valence-corrected chi connectivity index (χ4v) is 5.43. The number of carbonyl (C=O) groups is 1. The summed E-state index contributed by atoms with van der Waals surface area (Å²) in [4.78, 5) is 13.2. The number of hydrogen-bond donors (Lipinski definition) is 2. The van der Waals surface area contributed by atoms with Crippen molar-refractivity contribution in [3.63, 3.8) is 0 Å². The normalized spacial score (nSPS) is 12.7. The molecule has 3 aromatic carbocycles. The standard InChI is InChI=1S/C24H24N4O3S2/c1-16(2)18-11-13-19(14-12-18)25-24(29)21(15-17-7-4-3-5-8-17)28-33(30,31)22-10-6-9-20-23(22)27-32-26-20/h3-14,16,21,28H,15H2,1-2H3,(H,25,29)/t21-/m0/s1. The van der Waals surface area contributed by atoms with E-state index in [1.807, 2.05) is 54.6 Å². The minimum atomic E-state index is -4.04. The molecule has 2 N–H and O–H groups in total. The third-order valence-electron chi connectivity index (χ3n) is 5.28. The molecule has 33 heavy (non-hydrogen) atoms. The van der Waals surface area contributed by atoms with Crippen LogP contribution in [0.1, 0.15) is 30.9 Å². The van der Waals surface area contributed by atoms with Gasteiger partial charge in [0.05, 0.1) is 11.7 Å². The summed E-state index contributed by atoms with van der Waals surface area (Å²) in [7, 11) is -4.04. The molecular formula is C24H24N4O3S2. The van der Waals surface area contributed by atoms with Crippen molar-refractivity contribution in [2.45, 2.75) is 37.1 Å². The predicted octanol–water partition coefficient (Wildman–Crippen LogP) is 4.34. The predicted molar refractivity (Wildman–Crippen MR) is 131 cm³/mol. The van der Waals surface area contributed by atoms with Crippen molar-refractivity contribution in [1.82, 2.24) is 13.5 Å². The Bertz CT molecular complexity index is 1350. The van der Waals surface area contributed by atoms with Gasteiger partial charge in [-0.1, -0.05) is 62.4 Å². The number of anilines is 1. The van der Waals surface area contributed by atoms with E-state index in [2.05, 4.69) is 32.6 Å². The van der Waals surface area contributed by atoms with Crippen molar-refractivity contribution in [3.8, 4) is 0 Å². The highest BCUT2D eigenvalue weighted by Crippen LogP contribution is 2.22. The number of nitrogens with one attached hydrogen (secondary N) is 2. The zero-order valence-corrected chi connectivity index (χ0v) is 19.9. The van der Waals surface area contributed by atoms with E-state index in [0.29, 0.717) is 17.1 Å². The molecule has 1 atom stereocenters. The van der Waals surface area contributed by atoms with Gasteiger partial charge in [0.2, 0.25) is 15.9 Å². The Morgan fingerprint density at radius 2 is 1.67 bits per heavy atom. The molecule has 0 aliphatic rings. The first-order valence-corrected chi connectivity index (χ1v) is 12.7. The van der Waals surface area contributed by atoms with Gasteiger partial charge in [-0.25, -0.2) is 8.42 Å². The highest BCUT2D eigenvalue weighted by molar-refractivity contribution is 7.89. The van der Waals surface area contributed by atoms with Gasteiger partial charge in [-0.15, -0.1) is 0 Å². The lowest BCUT2D eigenvalue weighted by Gasteiger charge is -2.19. The number of hydrogen-bond acceptors (Lipinski definition) is 6. The molecule has 4 rings (SSSR count). The molecule has 0 spiro atoms. The first kappa shape index (κ1) is 23.0. The first-order chi connectivity index (χ1) is 15.8. The number of benzene rings is 3. The third kappa shape index (κ3) is 5.44. The minimum Gasteiger partial charge on any atom is -0.325 e. The lowest BCUT2D eigenvalue weighted by molar-refractivity contribution is -0.117. The van der Waals surface area contributed by atoms with Gasteiger partial charge < -0.3 is 5.32 Å². The Morgan fingerprint density at radius 1 is 0.939 bits per heavy atom. The molecule has 1 aromatic heterocycles. The van der Waals surface area contributed by atoms with Crippen LogP contribution in [0, 0.1) is 0 Å². The Morgan fingerprint density at radius 3 is 2.36 bits per heavy atom. The van der Waals surface area contributed by atoms with Crippen molar-refractivity contribution in [1.29, 1.82) is 0 Å². The highest BCUT2D eigenvalue weighted by Gasteiger charge is 2.28. The van der Waals surface area contributed by atoms with Crippen LogP contribution in [-0.4, -0.2) is 29.1 Å². The average Bonchev–Trinajstić information content (AvgIpc) is 3.28. The van der Waals surface area contributed by atoms with Gasteiger partial charge in [-0.2, -0.15) is 13.5 Å². The van der Waals surface area contributed by atoms with Gasteiger partial charge in [0.1, 0.15) is 22.0 Å². The maximum Gasteiger partial charge on any atom is 0.243 e. The van der Waals surface area contributed by atoms with Crippen LogP contribution in [0.2, 0.25) is 0 Å². The van der Waals surface area contributed by atoms with Gasteiger partial charge in [-0.05, 0) is 47.7 Å². The molecule has 0 aliphatic carbocycles. The summed E-state index contributed by atoms with van der Waals surface area (Å²) in [6.45, 7) is 4.19. The second-order valence-electron chi connectivity index (χ2n) is 8.02. The largest absolute Gasteiger partial charge is 0.325 e. The van der Waals surface area contributed by atoms with E-state index in [-0.39, 0.29) is 16.8 Å². The topological polar surface area (TPSA) is 101 Å². The molecule has 0 radical (unpaired) electrons. The SMILES string of the molecule is CC(C)c1ccc(NC(=O)[C@H](Cc2ccccc2)NS(=O)(=O)c2cccc3nsnc23)cc1. The number of fused-ring (bicyclic) bond motifs is 1. The maximum atomic E-state index is 13.3. The van der Waals surface area contributed by atoms with Crippen LogP contribution in [0.3, 0.4) is 0 Å². The summed E-state index contributed by atoms with van der Waals surface area (Å²) in [5.74, 6) is -0.0707. The first-order valence-electron chi connectivity index (χ1n) is 10.5. The second kappa shape index (κ2) is 9.78. The molecular weight excluding hydrogens is 456 g/mol. The number of rotatable bonds is 8. The maximum absolute atomic E-state index is 13.3. The average molecular weight is 481 g/mol. The smallest absolute Gasteiger partial charge is 0.243 e. The minimum absolute atomic E-state index is 0.000831. The molecule has 1 amide bonds. The third-order valence-corrected chi connectivity index (χ3v) is 7.33. The van der Waals surface area contributed by atoms with E-state index in [0.717, 1.165) is 22.9 Å². The van der Waals surface area contributed by atoms with Crippen LogP contribution in [0.5, 0.6) is 0 Å². The summed E-state index contributed by atoms with van der Waals surface area (Å²) in [5.41, 5.74) is 3.38. The Balaban J connectivity index is 1.61. The molecule has 0 unspecified atom stereocenters. The molecule has 4 aromatic rings. The van der Waals surface area contributed by atoms with E-state index in [1.54, 1.807) is 12.1 Å². The zero-order chi connectivity index (χ0) is 23.4. The zero-order valence-electron chi connectivity index (χ0n) is 18.2. The number of sulfonamides is 1. The lowest BCUT2D eigenvalue weighted by Crippen LogP contribution is -2.45. The van der Waals surface area contributed by atoms with Gasteiger partial charge in [0, 0.05) is 5.69 Å². The quantitative estimate of drug-likeness (QED) is 0.391. The van der Waals surface area contributed by atoms with Gasteiger partial charge >= 0.3 is 0 Å². The Kier molecular flexibility index (Phi) is 6.83. The summed E-state index contributed by atoms with van der Waals surface area (Å²) >= 11 is 0.944. The number of amides is 1. The van der Waals surface area contributed by atoms with Gasteiger partial charge in [0.15, 0.2) is 0 Å². The summed E-state index contributed by atoms with van der Waals surface area (Å²) in [6.07, 6.45) is 0.196. The van der Waals surface area contributed by atoms with Crippen LogP contribution in [-0.2, 0) is 21.2 Å². The molecule has 7 nitrogen and oxygen atoms in total. The van der Waals surface area contributed by atoms with E-state index < -0.39 is 22.0 Å². The molecule has 170 valence electrons. The van der Waals surface area contributed by atoms with Crippen LogP contribution in [0.15, 0.2) is 77.7 Å². The molecule has 9 heteroatoms. The monoisotopic (exact) mass is 480 g/mol. The van der Waals surface area contributed by atoms with Gasteiger partial charge in [0.25, 0.3) is 0 Å². The summed E-state index contributed by atoms with van der Waals surface area (Å²) < 4.78 is 37.4. The van der Waals surface area contributed by atoms with Crippen molar-refractivity contribution >= 4 is 44.4 Å². The van der Waals surface area contributed by atoms with E-state index in [9.17, 15) is 13.2 Å². The summed E-state index contributed by atoms with van der Waals surface area (Å²) in [6, 6.07) is 20.6. The van der Waals surface area contributed by atoms with Crippen molar-refractivity contribution < 1.29 is 13.2 Å². The lowest BCUT2D eigenvalue weighted by atomic mass is 10.0. The van der Waals surface area contributed by atoms with Crippen LogP contribution >= 0.6 is 11.7 Å². The fraction of sp³-hybridized carbons (Fsp3) is 0.208. The molecule has 0 aliphatic heterocycles. The van der Waals surface area contributed by atoms with E-state index >= 15 is 0 Å². The van der Waals surface area contributed by atoms with Crippen molar-refractivity contribution in [3.05, 3.63) is 83.9 Å². The second-order valence-corrected chi connectivity index (χ2v) is 10.2. The summed E-state index contributed by atoms with van der Waals surface area (Å²) in [5, 5.41) is 2.84. The number of carbonyl (C=O) groups excluding carboxylic acids is 1. The van der Waals surface area contributed by atoms with Crippen molar-refractivity contribution in [2.75, 3.05) is 5.32 Å². The molecule has 1 heterocycles. The number of nitrogens with zero attached hydrogens (tertiary/aromatic N) is 2. The Labute approximate surface area is 197 Å².